The molecule has 1 fully saturated rings. The van der Waals surface area contributed by atoms with E-state index in [2.05, 4.69) is 10.3 Å². The van der Waals surface area contributed by atoms with Crippen LogP contribution in [-0.2, 0) is 6.54 Å². The zero-order valence-electron chi connectivity index (χ0n) is 16.1. The van der Waals surface area contributed by atoms with E-state index in [1.165, 1.54) is 12.1 Å². The van der Waals surface area contributed by atoms with Gasteiger partial charge >= 0.3 is 6.03 Å². The summed E-state index contributed by atoms with van der Waals surface area (Å²) in [5.41, 5.74) is 2.60. The Morgan fingerprint density at radius 2 is 1.86 bits per heavy atom. The zero-order valence-corrected chi connectivity index (χ0v) is 16.1. The van der Waals surface area contributed by atoms with Crippen molar-refractivity contribution in [3.05, 3.63) is 77.7 Å². The fraction of sp³-hybridized carbons (Fsp3) is 0.304. The number of piperidine rings is 1. The molecule has 3 aromatic rings. The Hall–Kier alpha value is -2.99. The van der Waals surface area contributed by atoms with Crippen LogP contribution in [0.5, 0.6) is 0 Å². The van der Waals surface area contributed by atoms with Gasteiger partial charge in [-0.05, 0) is 48.1 Å². The van der Waals surface area contributed by atoms with E-state index in [1.54, 1.807) is 23.2 Å². The molecule has 2 N–H and O–H groups in total. The fourth-order valence-corrected chi connectivity index (χ4v) is 3.94. The van der Waals surface area contributed by atoms with E-state index in [1.807, 2.05) is 30.3 Å². The molecule has 1 saturated heterocycles. The number of hydrogen-bond donors (Lipinski definition) is 2. The fourth-order valence-electron chi connectivity index (χ4n) is 3.94. The van der Waals surface area contributed by atoms with E-state index in [9.17, 15) is 14.3 Å². The molecule has 29 heavy (non-hydrogen) atoms. The lowest BCUT2D eigenvalue weighted by molar-refractivity contribution is 0.0664. The molecule has 4 rings (SSSR count). The average Bonchev–Trinajstić information content (AvgIpc) is 2.77. The second-order valence-corrected chi connectivity index (χ2v) is 7.47. The molecule has 2 amide bonds. The molecule has 1 aliphatic rings. The third kappa shape index (κ3) is 4.38. The van der Waals surface area contributed by atoms with Crippen LogP contribution in [0, 0.1) is 11.7 Å². The molecule has 1 unspecified atom stereocenters. The quantitative estimate of drug-likeness (QED) is 0.703. The lowest BCUT2D eigenvalue weighted by Crippen LogP contribution is -2.45. The molecule has 0 aliphatic carbocycles. The van der Waals surface area contributed by atoms with Crippen molar-refractivity contribution in [1.29, 1.82) is 0 Å². The Bertz CT molecular complexity index is 980. The van der Waals surface area contributed by atoms with E-state index >= 15 is 0 Å². The summed E-state index contributed by atoms with van der Waals surface area (Å²) in [5, 5.41) is 14.6. The Morgan fingerprint density at radius 3 is 2.62 bits per heavy atom. The molecule has 0 saturated carbocycles. The summed E-state index contributed by atoms with van der Waals surface area (Å²) >= 11 is 0. The number of benzene rings is 2. The number of halogens is 1. The number of pyridine rings is 1. The van der Waals surface area contributed by atoms with Crippen LogP contribution < -0.4 is 5.32 Å². The minimum absolute atomic E-state index is 0.0618. The molecule has 2 heterocycles. The normalized spacial score (nSPS) is 16.0. The number of likely N-dealkylation sites (tertiary alicyclic amines) is 1. The number of hydrogen-bond acceptors (Lipinski definition) is 3. The third-order valence-electron chi connectivity index (χ3n) is 5.63. The van der Waals surface area contributed by atoms with Gasteiger partial charge in [0, 0.05) is 31.2 Å². The van der Waals surface area contributed by atoms with Crippen molar-refractivity contribution in [2.45, 2.75) is 25.5 Å². The van der Waals surface area contributed by atoms with Gasteiger partial charge in [0.15, 0.2) is 0 Å². The van der Waals surface area contributed by atoms with Crippen LogP contribution in [0.25, 0.3) is 10.9 Å². The largest absolute Gasteiger partial charge is 0.388 e. The summed E-state index contributed by atoms with van der Waals surface area (Å²) < 4.78 is 13.1. The summed E-state index contributed by atoms with van der Waals surface area (Å²) in [6, 6.07) is 15.7. The average molecular weight is 393 g/mol. The molecule has 150 valence electrons. The number of nitrogens with one attached hydrogen (secondary N) is 1. The van der Waals surface area contributed by atoms with E-state index in [4.69, 9.17) is 0 Å². The monoisotopic (exact) mass is 393 g/mol. The number of amides is 2. The first-order chi connectivity index (χ1) is 14.1. The van der Waals surface area contributed by atoms with Crippen molar-refractivity contribution in [2.75, 3.05) is 13.1 Å². The number of rotatable bonds is 4. The minimum Gasteiger partial charge on any atom is -0.388 e. The smallest absolute Gasteiger partial charge is 0.317 e. The van der Waals surface area contributed by atoms with Crippen molar-refractivity contribution in [3.8, 4) is 0 Å². The Balaban J connectivity index is 1.31. The molecular weight excluding hydrogens is 369 g/mol. The van der Waals surface area contributed by atoms with Gasteiger partial charge in [0.05, 0.1) is 11.6 Å². The highest BCUT2D eigenvalue weighted by atomic mass is 19.1. The van der Waals surface area contributed by atoms with Crippen LogP contribution in [0.1, 0.15) is 30.1 Å². The van der Waals surface area contributed by atoms with Crippen LogP contribution in [0.4, 0.5) is 9.18 Å². The maximum atomic E-state index is 13.1. The summed E-state index contributed by atoms with van der Waals surface area (Å²) in [6.45, 7) is 1.59. The molecule has 2 aromatic carbocycles. The number of carbonyl (C=O) groups is 1. The van der Waals surface area contributed by atoms with Gasteiger partial charge < -0.3 is 15.3 Å². The third-order valence-corrected chi connectivity index (χ3v) is 5.63. The second-order valence-electron chi connectivity index (χ2n) is 7.47. The van der Waals surface area contributed by atoms with E-state index in [0.29, 0.717) is 32.5 Å². The van der Waals surface area contributed by atoms with E-state index in [0.717, 1.165) is 22.0 Å². The predicted octanol–water partition coefficient (Wildman–Crippen LogP) is 4.03. The van der Waals surface area contributed by atoms with Crippen molar-refractivity contribution in [1.82, 2.24) is 15.2 Å². The number of fused-ring (bicyclic) bond motifs is 1. The molecule has 0 spiro atoms. The SMILES string of the molecule is O=C(NCc1cccc2cccnc12)N1CCC(C(O)c2ccc(F)cc2)CC1. The zero-order chi connectivity index (χ0) is 20.2. The molecule has 1 aliphatic heterocycles. The van der Waals surface area contributed by atoms with Gasteiger partial charge in [0.25, 0.3) is 0 Å². The number of nitrogens with zero attached hydrogens (tertiary/aromatic N) is 2. The molecule has 6 heteroatoms. The molecule has 1 atom stereocenters. The number of aromatic nitrogens is 1. The predicted molar refractivity (Wildman–Crippen MR) is 110 cm³/mol. The lowest BCUT2D eigenvalue weighted by atomic mass is 9.87. The molecule has 1 aromatic heterocycles. The van der Waals surface area contributed by atoms with E-state index < -0.39 is 6.10 Å². The van der Waals surface area contributed by atoms with Crippen molar-refractivity contribution < 1.29 is 14.3 Å². The second kappa shape index (κ2) is 8.57. The number of aliphatic hydroxyl groups excluding tert-OH is 1. The van der Waals surface area contributed by atoms with E-state index in [-0.39, 0.29) is 17.8 Å². The van der Waals surface area contributed by atoms with Crippen LogP contribution in [0.15, 0.2) is 60.8 Å². The summed E-state index contributed by atoms with van der Waals surface area (Å²) in [5.74, 6) is -0.249. The van der Waals surface area contributed by atoms with Gasteiger partial charge in [-0.1, -0.05) is 36.4 Å². The summed E-state index contributed by atoms with van der Waals surface area (Å²) in [6.07, 6.45) is 2.54. The van der Waals surface area contributed by atoms with Crippen LogP contribution >= 0.6 is 0 Å². The van der Waals surface area contributed by atoms with Crippen molar-refractivity contribution in [2.24, 2.45) is 5.92 Å². The topological polar surface area (TPSA) is 65.5 Å². The van der Waals surface area contributed by atoms with Crippen molar-refractivity contribution in [3.63, 3.8) is 0 Å². The number of aliphatic hydroxyl groups is 1. The molecular formula is C23H24FN3O2. The standard InChI is InChI=1S/C23H24FN3O2/c24-20-8-6-17(7-9-20)22(28)18-10-13-27(14-11-18)23(29)26-15-19-4-1-3-16-5-2-12-25-21(16)19/h1-9,12,18,22,28H,10-11,13-15H2,(H,26,29). The highest BCUT2D eigenvalue weighted by Crippen LogP contribution is 2.30. The molecule has 0 radical (unpaired) electrons. The van der Waals surface area contributed by atoms with Crippen LogP contribution in [0.3, 0.4) is 0 Å². The van der Waals surface area contributed by atoms with Gasteiger partial charge in [0.2, 0.25) is 0 Å². The number of urea groups is 1. The molecule has 0 bridgehead atoms. The van der Waals surface area contributed by atoms with Gasteiger partial charge in [-0.15, -0.1) is 0 Å². The Morgan fingerprint density at radius 1 is 1.14 bits per heavy atom. The van der Waals surface area contributed by atoms with Crippen LogP contribution in [-0.4, -0.2) is 34.1 Å². The highest BCUT2D eigenvalue weighted by molar-refractivity contribution is 5.82. The van der Waals surface area contributed by atoms with Gasteiger partial charge in [-0.2, -0.15) is 0 Å². The Labute approximate surface area is 169 Å². The molecule has 5 nitrogen and oxygen atoms in total. The summed E-state index contributed by atoms with van der Waals surface area (Å²) in [4.78, 5) is 18.8. The van der Waals surface area contributed by atoms with Gasteiger partial charge in [-0.3, -0.25) is 4.98 Å². The minimum atomic E-state index is -0.637. The maximum absolute atomic E-state index is 13.1. The van der Waals surface area contributed by atoms with Crippen molar-refractivity contribution >= 4 is 16.9 Å². The number of para-hydroxylation sites is 1. The Kier molecular flexibility index (Phi) is 5.71. The van der Waals surface area contributed by atoms with Crippen LogP contribution in [0.2, 0.25) is 0 Å². The lowest BCUT2D eigenvalue weighted by Gasteiger charge is -2.34. The first-order valence-corrected chi connectivity index (χ1v) is 9.91. The number of carbonyl (C=O) groups excluding carboxylic acids is 1. The van der Waals surface area contributed by atoms with Gasteiger partial charge in [0.1, 0.15) is 5.82 Å². The highest BCUT2D eigenvalue weighted by Gasteiger charge is 2.28. The first-order valence-electron chi connectivity index (χ1n) is 9.91. The summed E-state index contributed by atoms with van der Waals surface area (Å²) in [7, 11) is 0. The maximum Gasteiger partial charge on any atom is 0.317 e. The van der Waals surface area contributed by atoms with Gasteiger partial charge in [-0.25, -0.2) is 9.18 Å². The first kappa shape index (κ1) is 19.3.